The molecule has 2 heteroatoms. The van der Waals surface area contributed by atoms with Crippen LogP contribution in [-0.4, -0.2) is 6.04 Å². The van der Waals surface area contributed by atoms with Gasteiger partial charge in [-0.25, -0.2) is 0 Å². The predicted octanol–water partition coefficient (Wildman–Crippen LogP) is 3.08. The Morgan fingerprint density at radius 1 is 1.40 bits per heavy atom. The fourth-order valence-electron chi connectivity index (χ4n) is 2.12. The lowest BCUT2D eigenvalue weighted by Gasteiger charge is -2.34. The molecule has 0 unspecified atom stereocenters. The molecule has 2 rings (SSSR count). The Morgan fingerprint density at radius 3 is 2.73 bits per heavy atom. The summed E-state index contributed by atoms with van der Waals surface area (Å²) in [5.41, 5.74) is 2.94. The third kappa shape index (κ3) is 2.12. The normalized spacial score (nSPS) is 24.1. The number of hydrogen-bond donors (Lipinski definition) is 1. The molecule has 1 saturated carbocycles. The number of rotatable bonds is 2. The van der Waals surface area contributed by atoms with E-state index in [4.69, 9.17) is 5.26 Å². The van der Waals surface area contributed by atoms with E-state index in [1.807, 2.05) is 12.1 Å². The van der Waals surface area contributed by atoms with E-state index in [1.165, 1.54) is 18.4 Å². The lowest BCUT2D eigenvalue weighted by atomic mass is 9.81. The first-order valence-electron chi connectivity index (χ1n) is 5.46. The molecule has 0 spiro atoms. The number of aryl methyl sites for hydroxylation is 1. The van der Waals surface area contributed by atoms with Crippen LogP contribution in [0.4, 0.5) is 5.69 Å². The Labute approximate surface area is 90.9 Å². The van der Waals surface area contributed by atoms with Crippen LogP contribution in [0.3, 0.4) is 0 Å². The van der Waals surface area contributed by atoms with Gasteiger partial charge in [-0.05, 0) is 43.4 Å². The number of anilines is 1. The lowest BCUT2D eigenvalue weighted by Crippen LogP contribution is -2.34. The molecular weight excluding hydrogens is 184 g/mol. The van der Waals surface area contributed by atoms with Gasteiger partial charge in [0, 0.05) is 6.04 Å². The van der Waals surface area contributed by atoms with Gasteiger partial charge >= 0.3 is 0 Å². The van der Waals surface area contributed by atoms with Gasteiger partial charge in [0.15, 0.2) is 0 Å². The van der Waals surface area contributed by atoms with E-state index in [-0.39, 0.29) is 0 Å². The molecule has 0 saturated heterocycles. The van der Waals surface area contributed by atoms with Crippen LogP contribution < -0.4 is 5.32 Å². The first-order valence-corrected chi connectivity index (χ1v) is 5.46. The molecule has 0 aromatic heterocycles. The van der Waals surface area contributed by atoms with Crippen molar-refractivity contribution in [3.05, 3.63) is 29.3 Å². The molecule has 0 heterocycles. The SMILES string of the molecule is Cc1ccc(C#N)c(NC2CC(C)C2)c1. The van der Waals surface area contributed by atoms with Crippen LogP contribution in [0.2, 0.25) is 0 Å². The Morgan fingerprint density at radius 2 is 2.13 bits per heavy atom. The summed E-state index contributed by atoms with van der Waals surface area (Å²) in [6, 6.07) is 8.71. The molecule has 1 aromatic carbocycles. The molecule has 1 aliphatic rings. The third-order valence-electron chi connectivity index (χ3n) is 3.03. The average molecular weight is 200 g/mol. The van der Waals surface area contributed by atoms with Crippen LogP contribution in [0, 0.1) is 24.2 Å². The number of nitrogens with one attached hydrogen (secondary N) is 1. The first kappa shape index (κ1) is 10.0. The molecule has 1 fully saturated rings. The Balaban J connectivity index is 2.13. The van der Waals surface area contributed by atoms with Crippen LogP contribution in [0.5, 0.6) is 0 Å². The largest absolute Gasteiger partial charge is 0.381 e. The highest BCUT2D eigenvalue weighted by Gasteiger charge is 2.25. The highest BCUT2D eigenvalue weighted by atomic mass is 14.9. The predicted molar refractivity (Wildman–Crippen MR) is 61.7 cm³/mol. The van der Waals surface area contributed by atoms with Gasteiger partial charge in [0.05, 0.1) is 11.3 Å². The van der Waals surface area contributed by atoms with E-state index < -0.39 is 0 Å². The van der Waals surface area contributed by atoms with Crippen molar-refractivity contribution in [2.24, 2.45) is 5.92 Å². The van der Waals surface area contributed by atoms with Crippen molar-refractivity contribution in [3.8, 4) is 6.07 Å². The van der Waals surface area contributed by atoms with Crippen molar-refractivity contribution < 1.29 is 0 Å². The minimum Gasteiger partial charge on any atom is -0.381 e. The van der Waals surface area contributed by atoms with Gasteiger partial charge in [-0.15, -0.1) is 0 Å². The van der Waals surface area contributed by atoms with Crippen molar-refractivity contribution in [1.82, 2.24) is 0 Å². The van der Waals surface area contributed by atoms with Gasteiger partial charge < -0.3 is 5.32 Å². The van der Waals surface area contributed by atoms with Crippen LogP contribution in [0.25, 0.3) is 0 Å². The molecule has 0 bridgehead atoms. The van der Waals surface area contributed by atoms with Gasteiger partial charge in [0.2, 0.25) is 0 Å². The van der Waals surface area contributed by atoms with E-state index >= 15 is 0 Å². The second kappa shape index (κ2) is 3.94. The van der Waals surface area contributed by atoms with E-state index in [9.17, 15) is 0 Å². The highest BCUT2D eigenvalue weighted by Crippen LogP contribution is 2.30. The summed E-state index contributed by atoms with van der Waals surface area (Å²) in [7, 11) is 0. The van der Waals surface area contributed by atoms with Crippen molar-refractivity contribution in [2.45, 2.75) is 32.7 Å². The Bertz CT molecular complexity index is 397. The highest BCUT2D eigenvalue weighted by molar-refractivity contribution is 5.59. The zero-order valence-electron chi connectivity index (χ0n) is 9.25. The third-order valence-corrected chi connectivity index (χ3v) is 3.03. The quantitative estimate of drug-likeness (QED) is 0.796. The van der Waals surface area contributed by atoms with Crippen molar-refractivity contribution in [3.63, 3.8) is 0 Å². The average Bonchev–Trinajstić information content (AvgIpc) is 2.16. The summed E-state index contributed by atoms with van der Waals surface area (Å²) in [5, 5.41) is 12.4. The summed E-state index contributed by atoms with van der Waals surface area (Å²) >= 11 is 0. The fraction of sp³-hybridized carbons (Fsp3) is 0.462. The topological polar surface area (TPSA) is 35.8 Å². The maximum Gasteiger partial charge on any atom is 0.101 e. The van der Waals surface area contributed by atoms with Gasteiger partial charge in [0.25, 0.3) is 0 Å². The molecule has 0 amide bonds. The van der Waals surface area contributed by atoms with Crippen molar-refractivity contribution >= 4 is 5.69 Å². The molecule has 1 N–H and O–H groups in total. The number of nitrogens with zero attached hydrogens (tertiary/aromatic N) is 1. The van der Waals surface area contributed by atoms with Crippen LogP contribution in [-0.2, 0) is 0 Å². The Kier molecular flexibility index (Phi) is 2.64. The van der Waals surface area contributed by atoms with Crippen molar-refractivity contribution in [2.75, 3.05) is 5.32 Å². The molecule has 1 aromatic rings. The second-order valence-electron chi connectivity index (χ2n) is 4.58. The summed E-state index contributed by atoms with van der Waals surface area (Å²) in [6.07, 6.45) is 2.44. The maximum absolute atomic E-state index is 8.97. The minimum absolute atomic E-state index is 0.564. The first-order chi connectivity index (χ1) is 7.19. The summed E-state index contributed by atoms with van der Waals surface area (Å²) < 4.78 is 0. The van der Waals surface area contributed by atoms with Crippen LogP contribution >= 0.6 is 0 Å². The molecular formula is C13H16N2. The maximum atomic E-state index is 8.97. The monoisotopic (exact) mass is 200 g/mol. The van der Waals surface area contributed by atoms with Crippen molar-refractivity contribution in [1.29, 1.82) is 5.26 Å². The Hall–Kier alpha value is -1.49. The molecule has 2 nitrogen and oxygen atoms in total. The number of nitriles is 1. The zero-order chi connectivity index (χ0) is 10.8. The molecule has 1 aliphatic carbocycles. The van der Waals surface area contributed by atoms with Gasteiger partial charge in [0.1, 0.15) is 6.07 Å². The number of hydrogen-bond acceptors (Lipinski definition) is 2. The van der Waals surface area contributed by atoms with Gasteiger partial charge in [-0.1, -0.05) is 13.0 Å². The zero-order valence-corrected chi connectivity index (χ0v) is 9.25. The lowest BCUT2D eigenvalue weighted by molar-refractivity contribution is 0.309. The van der Waals surface area contributed by atoms with Crippen LogP contribution in [0.15, 0.2) is 18.2 Å². The molecule has 0 aliphatic heterocycles. The van der Waals surface area contributed by atoms with Gasteiger partial charge in [-0.3, -0.25) is 0 Å². The molecule has 15 heavy (non-hydrogen) atoms. The fourth-order valence-corrected chi connectivity index (χ4v) is 2.12. The van der Waals surface area contributed by atoms with E-state index in [0.29, 0.717) is 6.04 Å². The summed E-state index contributed by atoms with van der Waals surface area (Å²) in [6.45, 7) is 4.31. The molecule has 0 radical (unpaired) electrons. The summed E-state index contributed by atoms with van der Waals surface area (Å²) in [5.74, 6) is 0.831. The van der Waals surface area contributed by atoms with Gasteiger partial charge in [-0.2, -0.15) is 5.26 Å². The second-order valence-corrected chi connectivity index (χ2v) is 4.58. The van der Waals surface area contributed by atoms with E-state index in [2.05, 4.69) is 31.3 Å². The smallest absolute Gasteiger partial charge is 0.101 e. The summed E-state index contributed by atoms with van der Waals surface area (Å²) in [4.78, 5) is 0. The van der Waals surface area contributed by atoms with Crippen LogP contribution in [0.1, 0.15) is 30.9 Å². The van der Waals surface area contributed by atoms with E-state index in [0.717, 1.165) is 17.2 Å². The van der Waals surface area contributed by atoms with E-state index in [1.54, 1.807) is 0 Å². The molecule has 0 atom stereocenters. The number of benzene rings is 1. The standard InChI is InChI=1S/C13H16N2/c1-9-3-4-11(8-14)13(7-9)15-12-5-10(2)6-12/h3-4,7,10,12,15H,5-6H2,1-2H3. The minimum atomic E-state index is 0.564. The molecule has 78 valence electrons.